The van der Waals surface area contributed by atoms with Crippen LogP contribution in [0.4, 0.5) is 5.69 Å². The second-order valence-electron chi connectivity index (χ2n) is 6.53. The standard InChI is InChI=1S/C21H18ClNO6/c1-12-15-9-13(22)3-5-16(15)29-20(12)21(25)28-11-19(24)23-14-4-6-17-18(10-14)27-8-2-7-26-17/h3-6,9-10H,2,7-8,11H2,1H3,(H,23,24). The molecule has 4 rings (SSSR count). The van der Waals surface area contributed by atoms with Crippen LogP contribution in [0.2, 0.25) is 5.02 Å². The summed E-state index contributed by atoms with van der Waals surface area (Å²) in [6, 6.07) is 10.2. The summed E-state index contributed by atoms with van der Waals surface area (Å²) in [6.45, 7) is 2.41. The smallest absolute Gasteiger partial charge is 0.375 e. The molecule has 0 atom stereocenters. The van der Waals surface area contributed by atoms with Crippen molar-refractivity contribution in [1.82, 2.24) is 0 Å². The topological polar surface area (TPSA) is 87.0 Å². The van der Waals surface area contributed by atoms with Gasteiger partial charge in [-0.2, -0.15) is 0 Å². The molecule has 1 amide bonds. The molecule has 0 radical (unpaired) electrons. The third kappa shape index (κ3) is 4.14. The molecule has 0 spiro atoms. The van der Waals surface area contributed by atoms with Crippen LogP contribution in [-0.2, 0) is 9.53 Å². The number of benzene rings is 2. The Balaban J connectivity index is 1.39. The van der Waals surface area contributed by atoms with Gasteiger partial charge in [-0.25, -0.2) is 4.79 Å². The maximum Gasteiger partial charge on any atom is 0.375 e. The van der Waals surface area contributed by atoms with Gasteiger partial charge in [0.2, 0.25) is 5.76 Å². The van der Waals surface area contributed by atoms with Gasteiger partial charge in [0.15, 0.2) is 18.1 Å². The van der Waals surface area contributed by atoms with Crippen LogP contribution in [0.3, 0.4) is 0 Å². The molecule has 0 unspecified atom stereocenters. The average Bonchev–Trinajstić information content (AvgIpc) is 2.88. The molecule has 0 saturated carbocycles. The van der Waals surface area contributed by atoms with Crippen molar-refractivity contribution in [2.24, 2.45) is 0 Å². The van der Waals surface area contributed by atoms with Crippen LogP contribution < -0.4 is 14.8 Å². The van der Waals surface area contributed by atoms with Crippen LogP contribution >= 0.6 is 11.6 Å². The maximum atomic E-state index is 12.3. The molecule has 0 saturated heterocycles. The number of rotatable bonds is 4. The van der Waals surface area contributed by atoms with Gasteiger partial charge in [-0.05, 0) is 37.3 Å². The van der Waals surface area contributed by atoms with Crippen molar-refractivity contribution in [2.75, 3.05) is 25.1 Å². The molecular formula is C21H18ClNO6. The lowest BCUT2D eigenvalue weighted by Crippen LogP contribution is -2.21. The lowest BCUT2D eigenvalue weighted by Gasteiger charge is -2.10. The second kappa shape index (κ2) is 8.05. The van der Waals surface area contributed by atoms with Gasteiger partial charge in [-0.3, -0.25) is 4.79 Å². The zero-order valence-corrected chi connectivity index (χ0v) is 16.4. The first-order valence-electron chi connectivity index (χ1n) is 9.06. The first-order valence-corrected chi connectivity index (χ1v) is 9.44. The number of halogens is 1. The van der Waals surface area contributed by atoms with Gasteiger partial charge < -0.3 is 23.9 Å². The van der Waals surface area contributed by atoms with Gasteiger partial charge in [0.05, 0.1) is 13.2 Å². The molecule has 2 aromatic carbocycles. The predicted molar refractivity (Wildman–Crippen MR) is 107 cm³/mol. The molecule has 2 heterocycles. The minimum absolute atomic E-state index is 0.0469. The van der Waals surface area contributed by atoms with Crippen LogP contribution in [0.15, 0.2) is 40.8 Å². The number of hydrogen-bond donors (Lipinski definition) is 1. The normalized spacial score (nSPS) is 13.0. The molecule has 1 N–H and O–H groups in total. The number of esters is 1. The number of fused-ring (bicyclic) bond motifs is 2. The van der Waals surface area contributed by atoms with E-state index in [0.29, 0.717) is 46.6 Å². The molecule has 1 aliphatic rings. The minimum atomic E-state index is -0.719. The zero-order valence-electron chi connectivity index (χ0n) is 15.6. The number of furan rings is 1. The van der Waals surface area contributed by atoms with Gasteiger partial charge in [0.1, 0.15) is 5.58 Å². The van der Waals surface area contributed by atoms with Crippen molar-refractivity contribution in [1.29, 1.82) is 0 Å². The Labute approximate surface area is 171 Å². The van der Waals surface area contributed by atoms with E-state index in [9.17, 15) is 9.59 Å². The van der Waals surface area contributed by atoms with E-state index >= 15 is 0 Å². The summed E-state index contributed by atoms with van der Waals surface area (Å²) in [5, 5.41) is 3.93. The molecule has 1 aromatic heterocycles. The van der Waals surface area contributed by atoms with Crippen LogP contribution in [-0.4, -0.2) is 31.7 Å². The molecular weight excluding hydrogens is 398 g/mol. The van der Waals surface area contributed by atoms with E-state index in [4.69, 9.17) is 30.2 Å². The summed E-state index contributed by atoms with van der Waals surface area (Å²) in [7, 11) is 0. The monoisotopic (exact) mass is 415 g/mol. The van der Waals surface area contributed by atoms with Crippen molar-refractivity contribution in [3.05, 3.63) is 52.7 Å². The molecule has 150 valence electrons. The molecule has 0 aliphatic carbocycles. The summed E-state index contributed by atoms with van der Waals surface area (Å²) in [6.07, 6.45) is 0.791. The Morgan fingerprint density at radius 1 is 1.10 bits per heavy atom. The quantitative estimate of drug-likeness (QED) is 0.637. The highest BCUT2D eigenvalue weighted by Crippen LogP contribution is 2.32. The van der Waals surface area contributed by atoms with Crippen molar-refractivity contribution < 1.29 is 28.2 Å². The SMILES string of the molecule is Cc1c(C(=O)OCC(=O)Nc2ccc3c(c2)OCCCO3)oc2ccc(Cl)cc12. The van der Waals surface area contributed by atoms with Crippen molar-refractivity contribution in [3.8, 4) is 11.5 Å². The largest absolute Gasteiger partial charge is 0.490 e. The van der Waals surface area contributed by atoms with Crippen LogP contribution in [0.1, 0.15) is 22.5 Å². The number of nitrogens with one attached hydrogen (secondary N) is 1. The molecule has 3 aromatic rings. The van der Waals surface area contributed by atoms with E-state index in [0.717, 1.165) is 11.8 Å². The fourth-order valence-electron chi connectivity index (χ4n) is 3.02. The minimum Gasteiger partial charge on any atom is -0.490 e. The lowest BCUT2D eigenvalue weighted by molar-refractivity contribution is -0.119. The summed E-state index contributed by atoms with van der Waals surface area (Å²) in [5.74, 6) is 0.0418. The molecule has 29 heavy (non-hydrogen) atoms. The summed E-state index contributed by atoms with van der Waals surface area (Å²) >= 11 is 5.99. The molecule has 0 bridgehead atoms. The van der Waals surface area contributed by atoms with Crippen molar-refractivity contribution in [3.63, 3.8) is 0 Å². The Morgan fingerprint density at radius 2 is 1.90 bits per heavy atom. The number of amides is 1. The Hall–Kier alpha value is -3.19. The van der Waals surface area contributed by atoms with Gasteiger partial charge in [0.25, 0.3) is 5.91 Å². The second-order valence-corrected chi connectivity index (χ2v) is 6.97. The lowest BCUT2D eigenvalue weighted by atomic mass is 10.1. The van der Waals surface area contributed by atoms with E-state index in [1.165, 1.54) is 0 Å². The van der Waals surface area contributed by atoms with Crippen LogP contribution in [0.5, 0.6) is 11.5 Å². The number of aryl methyl sites for hydroxylation is 1. The highest BCUT2D eigenvalue weighted by molar-refractivity contribution is 6.31. The molecule has 0 fully saturated rings. The fourth-order valence-corrected chi connectivity index (χ4v) is 3.19. The van der Waals surface area contributed by atoms with Crippen LogP contribution in [0.25, 0.3) is 11.0 Å². The van der Waals surface area contributed by atoms with Crippen molar-refractivity contribution >= 4 is 40.1 Å². The number of carbonyl (C=O) groups excluding carboxylic acids is 2. The zero-order chi connectivity index (χ0) is 20.4. The average molecular weight is 416 g/mol. The first-order chi connectivity index (χ1) is 14.0. The Morgan fingerprint density at radius 3 is 2.72 bits per heavy atom. The highest BCUT2D eigenvalue weighted by atomic mass is 35.5. The fraction of sp³-hybridized carbons (Fsp3) is 0.238. The molecule has 1 aliphatic heterocycles. The summed E-state index contributed by atoms with van der Waals surface area (Å²) in [4.78, 5) is 24.5. The van der Waals surface area contributed by atoms with Crippen molar-refractivity contribution in [2.45, 2.75) is 13.3 Å². The van der Waals surface area contributed by atoms with Gasteiger partial charge >= 0.3 is 5.97 Å². The van der Waals surface area contributed by atoms with Crippen LogP contribution in [0, 0.1) is 6.92 Å². The molecule has 7 nitrogen and oxygen atoms in total. The van der Waals surface area contributed by atoms with E-state index < -0.39 is 18.5 Å². The summed E-state index contributed by atoms with van der Waals surface area (Å²) < 4.78 is 21.8. The van der Waals surface area contributed by atoms with E-state index in [-0.39, 0.29) is 5.76 Å². The Bertz CT molecular complexity index is 1090. The van der Waals surface area contributed by atoms with Gasteiger partial charge in [-0.15, -0.1) is 0 Å². The number of hydrogen-bond acceptors (Lipinski definition) is 6. The predicted octanol–water partition coefficient (Wildman–Crippen LogP) is 4.35. The van der Waals surface area contributed by atoms with Gasteiger partial charge in [-0.1, -0.05) is 11.6 Å². The maximum absolute atomic E-state index is 12.3. The third-order valence-corrected chi connectivity index (χ3v) is 4.68. The van der Waals surface area contributed by atoms with E-state index in [1.807, 2.05) is 0 Å². The van der Waals surface area contributed by atoms with Gasteiger partial charge in [0, 0.05) is 34.1 Å². The van der Waals surface area contributed by atoms with E-state index in [2.05, 4.69) is 5.32 Å². The third-order valence-electron chi connectivity index (χ3n) is 4.45. The highest BCUT2D eigenvalue weighted by Gasteiger charge is 2.20. The number of anilines is 1. The summed E-state index contributed by atoms with van der Waals surface area (Å²) in [5.41, 5.74) is 1.65. The number of carbonyl (C=O) groups is 2. The Kier molecular flexibility index (Phi) is 5.31. The number of ether oxygens (including phenoxy) is 3. The first kappa shape index (κ1) is 19.1. The molecule has 8 heteroatoms. The van der Waals surface area contributed by atoms with E-state index in [1.54, 1.807) is 43.3 Å².